The number of hydrogen-bond acceptors (Lipinski definition) is 4. The Labute approximate surface area is 136 Å². The van der Waals surface area contributed by atoms with Crippen LogP contribution in [-0.2, 0) is 14.3 Å². The van der Waals surface area contributed by atoms with Crippen molar-refractivity contribution in [1.29, 1.82) is 0 Å². The van der Waals surface area contributed by atoms with Crippen molar-refractivity contribution in [3.05, 3.63) is 28.8 Å². The molecule has 0 heterocycles. The normalized spacial score (nSPS) is 17.9. The lowest BCUT2D eigenvalue weighted by molar-refractivity contribution is -0.168. The van der Waals surface area contributed by atoms with Crippen molar-refractivity contribution in [2.75, 3.05) is 12.3 Å². The molecule has 0 amide bonds. The van der Waals surface area contributed by atoms with Crippen LogP contribution < -0.4 is 5.73 Å². The summed E-state index contributed by atoms with van der Waals surface area (Å²) < 4.78 is 11.5. The van der Waals surface area contributed by atoms with Gasteiger partial charge in [-0.05, 0) is 58.2 Å². The highest BCUT2D eigenvalue weighted by atomic mass is 35.5. The van der Waals surface area contributed by atoms with Crippen LogP contribution in [0.4, 0.5) is 5.69 Å². The summed E-state index contributed by atoms with van der Waals surface area (Å²) in [7, 11) is 0. The van der Waals surface area contributed by atoms with E-state index in [1.165, 1.54) is 0 Å². The van der Waals surface area contributed by atoms with E-state index in [1.54, 1.807) is 12.1 Å². The minimum atomic E-state index is -0.608. The van der Waals surface area contributed by atoms with E-state index >= 15 is 0 Å². The number of benzene rings is 1. The van der Waals surface area contributed by atoms with Crippen LogP contribution in [0.2, 0.25) is 5.02 Å². The molecule has 0 bridgehead atoms. The first kappa shape index (κ1) is 17.1. The van der Waals surface area contributed by atoms with Crippen LogP contribution in [-0.4, -0.2) is 18.2 Å². The third-order valence-corrected chi connectivity index (χ3v) is 4.10. The first-order chi connectivity index (χ1) is 10.2. The van der Waals surface area contributed by atoms with Crippen LogP contribution in [0.25, 0.3) is 0 Å². The number of carbonyl (C=O) groups is 1. The fraction of sp³-hybridized carbons (Fsp3) is 0.588. The molecule has 0 radical (unpaired) electrons. The maximum Gasteiger partial charge on any atom is 0.315 e. The SMILES string of the molecule is CCOC(c1ccc(Cl)c(N)c1)C1(C(=O)OC(C)(C)C)CC1. The molecule has 1 saturated carbocycles. The highest BCUT2D eigenvalue weighted by molar-refractivity contribution is 6.33. The molecule has 4 nitrogen and oxygen atoms in total. The molecule has 1 fully saturated rings. The Morgan fingerprint density at radius 3 is 2.50 bits per heavy atom. The van der Waals surface area contributed by atoms with Gasteiger partial charge in [-0.25, -0.2) is 0 Å². The molecule has 0 saturated heterocycles. The molecule has 0 spiro atoms. The van der Waals surface area contributed by atoms with Gasteiger partial charge in [0.15, 0.2) is 0 Å². The average Bonchev–Trinajstić information content (AvgIpc) is 3.19. The Hall–Kier alpha value is -1.26. The molecule has 1 atom stereocenters. The average molecular weight is 326 g/mol. The fourth-order valence-corrected chi connectivity index (χ4v) is 2.67. The molecule has 1 aliphatic rings. The molecule has 1 aliphatic carbocycles. The number of nitrogens with two attached hydrogens (primary N) is 1. The maximum atomic E-state index is 12.6. The van der Waals surface area contributed by atoms with Crippen molar-refractivity contribution in [2.45, 2.75) is 52.2 Å². The number of halogens is 1. The monoisotopic (exact) mass is 325 g/mol. The molecular weight excluding hydrogens is 302 g/mol. The zero-order valence-electron chi connectivity index (χ0n) is 13.6. The van der Waals surface area contributed by atoms with Gasteiger partial charge in [-0.3, -0.25) is 4.79 Å². The van der Waals surface area contributed by atoms with Crippen molar-refractivity contribution >= 4 is 23.3 Å². The van der Waals surface area contributed by atoms with Gasteiger partial charge in [-0.2, -0.15) is 0 Å². The Morgan fingerprint density at radius 1 is 1.41 bits per heavy atom. The summed E-state index contributed by atoms with van der Waals surface area (Å²) in [5.41, 5.74) is 6.13. The van der Waals surface area contributed by atoms with Crippen LogP contribution >= 0.6 is 11.6 Å². The zero-order chi connectivity index (χ0) is 16.5. The van der Waals surface area contributed by atoms with E-state index in [9.17, 15) is 4.79 Å². The van der Waals surface area contributed by atoms with Gasteiger partial charge in [-0.15, -0.1) is 0 Å². The predicted molar refractivity (Wildman–Crippen MR) is 87.7 cm³/mol. The third kappa shape index (κ3) is 3.55. The minimum Gasteiger partial charge on any atom is -0.459 e. The van der Waals surface area contributed by atoms with Crippen molar-refractivity contribution in [1.82, 2.24) is 0 Å². The molecule has 2 N–H and O–H groups in total. The van der Waals surface area contributed by atoms with Crippen molar-refractivity contribution in [2.24, 2.45) is 5.41 Å². The summed E-state index contributed by atoms with van der Waals surface area (Å²) in [4.78, 5) is 12.6. The molecule has 5 heteroatoms. The maximum absolute atomic E-state index is 12.6. The van der Waals surface area contributed by atoms with Gasteiger partial charge >= 0.3 is 5.97 Å². The number of hydrogen-bond donors (Lipinski definition) is 1. The highest BCUT2D eigenvalue weighted by Gasteiger charge is 2.59. The number of nitrogen functional groups attached to an aromatic ring is 1. The van der Waals surface area contributed by atoms with Gasteiger partial charge in [0.05, 0.1) is 22.2 Å². The molecule has 22 heavy (non-hydrogen) atoms. The van der Waals surface area contributed by atoms with Gasteiger partial charge in [0.2, 0.25) is 0 Å². The Morgan fingerprint density at radius 2 is 2.05 bits per heavy atom. The number of rotatable bonds is 5. The van der Waals surface area contributed by atoms with Crippen LogP contribution in [0.5, 0.6) is 0 Å². The van der Waals surface area contributed by atoms with E-state index in [-0.39, 0.29) is 12.1 Å². The molecule has 0 aromatic heterocycles. The zero-order valence-corrected chi connectivity index (χ0v) is 14.4. The van der Waals surface area contributed by atoms with Crippen LogP contribution in [0.1, 0.15) is 52.2 Å². The first-order valence-electron chi connectivity index (χ1n) is 7.59. The summed E-state index contributed by atoms with van der Waals surface area (Å²) in [6.45, 7) is 8.04. The lowest BCUT2D eigenvalue weighted by atomic mass is 9.92. The van der Waals surface area contributed by atoms with Crippen molar-refractivity contribution < 1.29 is 14.3 Å². The standard InChI is InChI=1S/C17H24ClNO3/c1-5-21-14(11-6-7-12(18)13(19)10-11)17(8-9-17)15(20)22-16(2,3)4/h6-7,10,14H,5,8-9,19H2,1-4H3. The Kier molecular flexibility index (Phi) is 4.73. The van der Waals surface area contributed by atoms with E-state index in [2.05, 4.69) is 0 Å². The Bertz CT molecular complexity index is 562. The van der Waals surface area contributed by atoms with E-state index in [0.717, 1.165) is 18.4 Å². The summed E-state index contributed by atoms with van der Waals surface area (Å²) in [5.74, 6) is -0.202. The second-order valence-electron chi connectivity index (χ2n) is 6.77. The van der Waals surface area contributed by atoms with Crippen molar-refractivity contribution in [3.8, 4) is 0 Å². The van der Waals surface area contributed by atoms with Crippen LogP contribution in [0.3, 0.4) is 0 Å². The van der Waals surface area contributed by atoms with Gasteiger partial charge in [-0.1, -0.05) is 17.7 Å². The summed E-state index contributed by atoms with van der Waals surface area (Å²) >= 11 is 5.98. The highest BCUT2D eigenvalue weighted by Crippen LogP contribution is 2.58. The minimum absolute atomic E-state index is 0.202. The number of carbonyl (C=O) groups excluding carboxylic acids is 1. The van der Waals surface area contributed by atoms with E-state index in [4.69, 9.17) is 26.8 Å². The third-order valence-electron chi connectivity index (χ3n) is 3.75. The summed E-state index contributed by atoms with van der Waals surface area (Å²) in [6, 6.07) is 5.39. The number of ether oxygens (including phenoxy) is 2. The molecular formula is C17H24ClNO3. The van der Waals surface area contributed by atoms with E-state index < -0.39 is 11.0 Å². The lowest BCUT2D eigenvalue weighted by Gasteiger charge is -2.29. The predicted octanol–water partition coefficient (Wildman–Crippen LogP) is 4.12. The molecule has 1 unspecified atom stereocenters. The van der Waals surface area contributed by atoms with Gasteiger partial charge in [0.25, 0.3) is 0 Å². The van der Waals surface area contributed by atoms with Crippen molar-refractivity contribution in [3.63, 3.8) is 0 Å². The van der Waals surface area contributed by atoms with E-state index in [1.807, 2.05) is 33.8 Å². The molecule has 0 aliphatic heterocycles. The molecule has 2 rings (SSSR count). The lowest BCUT2D eigenvalue weighted by Crippen LogP contribution is -2.34. The summed E-state index contributed by atoms with van der Waals surface area (Å²) in [5, 5.41) is 0.501. The quantitative estimate of drug-likeness (QED) is 0.653. The van der Waals surface area contributed by atoms with Gasteiger partial charge < -0.3 is 15.2 Å². The number of esters is 1. The second-order valence-corrected chi connectivity index (χ2v) is 7.18. The molecule has 122 valence electrons. The van der Waals surface area contributed by atoms with Gasteiger partial charge in [0, 0.05) is 6.61 Å². The molecule has 1 aromatic carbocycles. The topological polar surface area (TPSA) is 61.5 Å². The van der Waals surface area contributed by atoms with Crippen LogP contribution in [0.15, 0.2) is 18.2 Å². The fourth-order valence-electron chi connectivity index (χ4n) is 2.55. The van der Waals surface area contributed by atoms with Crippen LogP contribution in [0, 0.1) is 5.41 Å². The number of anilines is 1. The Balaban J connectivity index is 2.31. The van der Waals surface area contributed by atoms with E-state index in [0.29, 0.717) is 17.3 Å². The smallest absolute Gasteiger partial charge is 0.315 e. The van der Waals surface area contributed by atoms with Gasteiger partial charge in [0.1, 0.15) is 5.60 Å². The first-order valence-corrected chi connectivity index (χ1v) is 7.97. The molecule has 1 aromatic rings. The summed E-state index contributed by atoms with van der Waals surface area (Å²) in [6.07, 6.45) is 1.16. The second kappa shape index (κ2) is 6.09. The largest absolute Gasteiger partial charge is 0.459 e.